The van der Waals surface area contributed by atoms with Gasteiger partial charge in [0, 0.05) is 12.1 Å². The lowest BCUT2D eigenvalue weighted by Gasteiger charge is -2.32. The van der Waals surface area contributed by atoms with Crippen molar-refractivity contribution < 1.29 is 14.4 Å². The molecule has 0 amide bonds. The van der Waals surface area contributed by atoms with Gasteiger partial charge in [-0.2, -0.15) is 4.98 Å². The van der Waals surface area contributed by atoms with Crippen molar-refractivity contribution in [2.24, 2.45) is 0 Å². The Balaban J connectivity index is 1.76. The summed E-state index contributed by atoms with van der Waals surface area (Å²) in [4.78, 5) is 17.4. The highest BCUT2D eigenvalue weighted by Gasteiger charge is 2.29. The molecule has 116 valence electrons. The number of aliphatic carboxylic acids is 1. The summed E-state index contributed by atoms with van der Waals surface area (Å²) in [6.07, 6.45) is 3.24. The largest absolute Gasteiger partial charge is 0.481 e. The maximum absolute atomic E-state index is 10.8. The molecule has 2 heterocycles. The minimum atomic E-state index is -0.778. The van der Waals surface area contributed by atoms with Crippen LogP contribution < -0.4 is 0 Å². The number of carbonyl (C=O) groups is 1. The van der Waals surface area contributed by atoms with E-state index in [4.69, 9.17) is 9.63 Å². The molecule has 3 rings (SSSR count). The first-order valence-corrected chi connectivity index (χ1v) is 7.59. The first-order valence-electron chi connectivity index (χ1n) is 7.59. The number of rotatable bonds is 5. The predicted molar refractivity (Wildman–Crippen MR) is 80.2 cm³/mol. The summed E-state index contributed by atoms with van der Waals surface area (Å²) < 4.78 is 5.45. The van der Waals surface area contributed by atoms with E-state index in [9.17, 15) is 4.79 Å². The molecule has 1 aromatic carbocycles. The van der Waals surface area contributed by atoms with E-state index in [2.05, 4.69) is 15.0 Å². The molecule has 6 heteroatoms. The second-order valence-electron chi connectivity index (χ2n) is 5.51. The number of hydrogen-bond acceptors (Lipinski definition) is 5. The Hall–Kier alpha value is -2.21. The zero-order valence-electron chi connectivity index (χ0n) is 12.3. The van der Waals surface area contributed by atoms with Gasteiger partial charge in [0.1, 0.15) is 0 Å². The standard InChI is InChI=1S/C16H19N3O3/c20-14(21)9-11-19-10-5-4-8-13(19)16-17-15(18-22-16)12-6-2-1-3-7-12/h1-3,6-7,13H,4-5,8-11H2,(H,20,21). The number of carboxylic acid groups (broad SMARTS) is 1. The van der Waals surface area contributed by atoms with E-state index in [-0.39, 0.29) is 12.5 Å². The van der Waals surface area contributed by atoms with Crippen LogP contribution in [-0.2, 0) is 4.79 Å². The van der Waals surface area contributed by atoms with Gasteiger partial charge in [-0.15, -0.1) is 0 Å². The van der Waals surface area contributed by atoms with E-state index >= 15 is 0 Å². The SMILES string of the molecule is O=C(O)CCN1CCCCC1c1nc(-c2ccccc2)no1. The highest BCUT2D eigenvalue weighted by molar-refractivity contribution is 5.66. The highest BCUT2D eigenvalue weighted by atomic mass is 16.5. The van der Waals surface area contributed by atoms with Gasteiger partial charge in [-0.3, -0.25) is 9.69 Å². The van der Waals surface area contributed by atoms with Gasteiger partial charge >= 0.3 is 5.97 Å². The Labute approximate surface area is 128 Å². The summed E-state index contributed by atoms with van der Waals surface area (Å²) in [6, 6.07) is 9.73. The molecule has 1 fully saturated rings. The van der Waals surface area contributed by atoms with Gasteiger partial charge in [-0.1, -0.05) is 41.9 Å². The van der Waals surface area contributed by atoms with E-state index in [0.717, 1.165) is 31.4 Å². The first-order chi connectivity index (χ1) is 10.7. The van der Waals surface area contributed by atoms with Crippen LogP contribution in [0.15, 0.2) is 34.9 Å². The number of likely N-dealkylation sites (tertiary alicyclic amines) is 1. The van der Waals surface area contributed by atoms with Crippen molar-refractivity contribution in [2.75, 3.05) is 13.1 Å². The number of nitrogens with zero attached hydrogens (tertiary/aromatic N) is 3. The minimum Gasteiger partial charge on any atom is -0.481 e. The Kier molecular flexibility index (Phi) is 4.48. The summed E-state index contributed by atoms with van der Waals surface area (Å²) in [7, 11) is 0. The van der Waals surface area contributed by atoms with Gasteiger partial charge in [0.2, 0.25) is 11.7 Å². The highest BCUT2D eigenvalue weighted by Crippen LogP contribution is 2.31. The number of hydrogen-bond donors (Lipinski definition) is 1. The van der Waals surface area contributed by atoms with Crippen molar-refractivity contribution in [3.63, 3.8) is 0 Å². The van der Waals surface area contributed by atoms with Crippen LogP contribution in [0.5, 0.6) is 0 Å². The van der Waals surface area contributed by atoms with Crippen molar-refractivity contribution in [1.82, 2.24) is 15.0 Å². The molecule has 1 N–H and O–H groups in total. The molecule has 1 aliphatic heterocycles. The zero-order valence-corrected chi connectivity index (χ0v) is 12.3. The molecular weight excluding hydrogens is 282 g/mol. The van der Waals surface area contributed by atoms with Crippen LogP contribution in [0.3, 0.4) is 0 Å². The average molecular weight is 301 g/mol. The van der Waals surface area contributed by atoms with Crippen LogP contribution in [0.25, 0.3) is 11.4 Å². The smallest absolute Gasteiger partial charge is 0.304 e. The lowest BCUT2D eigenvalue weighted by Crippen LogP contribution is -2.35. The molecule has 22 heavy (non-hydrogen) atoms. The number of aromatic nitrogens is 2. The molecule has 1 unspecified atom stereocenters. The number of piperidine rings is 1. The second-order valence-corrected chi connectivity index (χ2v) is 5.51. The molecule has 1 atom stereocenters. The monoisotopic (exact) mass is 301 g/mol. The van der Waals surface area contributed by atoms with Gasteiger partial charge in [-0.25, -0.2) is 0 Å². The predicted octanol–water partition coefficient (Wildman–Crippen LogP) is 2.74. The molecule has 6 nitrogen and oxygen atoms in total. The lowest BCUT2D eigenvalue weighted by molar-refractivity contribution is -0.137. The molecule has 1 aliphatic rings. The van der Waals surface area contributed by atoms with Crippen molar-refractivity contribution in [2.45, 2.75) is 31.7 Å². The fourth-order valence-corrected chi connectivity index (χ4v) is 2.85. The minimum absolute atomic E-state index is 0.0260. The molecule has 0 spiro atoms. The molecule has 0 aliphatic carbocycles. The zero-order chi connectivity index (χ0) is 15.4. The van der Waals surface area contributed by atoms with E-state index in [1.165, 1.54) is 0 Å². The van der Waals surface area contributed by atoms with Crippen LogP contribution in [-0.4, -0.2) is 39.2 Å². The number of benzene rings is 1. The third-order valence-electron chi connectivity index (χ3n) is 3.99. The molecule has 0 saturated carbocycles. The maximum Gasteiger partial charge on any atom is 0.304 e. The average Bonchev–Trinajstić information content (AvgIpc) is 3.04. The summed E-state index contributed by atoms with van der Waals surface area (Å²) in [6.45, 7) is 1.39. The summed E-state index contributed by atoms with van der Waals surface area (Å²) in [5.74, 6) is 0.392. The molecule has 1 aromatic heterocycles. The van der Waals surface area contributed by atoms with Crippen molar-refractivity contribution in [1.29, 1.82) is 0 Å². The Bertz CT molecular complexity index is 627. The van der Waals surface area contributed by atoms with Gasteiger partial charge in [-0.05, 0) is 19.4 Å². The van der Waals surface area contributed by atoms with Gasteiger partial charge < -0.3 is 9.63 Å². The lowest BCUT2D eigenvalue weighted by atomic mass is 10.0. The summed E-state index contributed by atoms with van der Waals surface area (Å²) in [5, 5.41) is 12.9. The number of carboxylic acids is 1. The van der Waals surface area contributed by atoms with Gasteiger partial charge in [0.05, 0.1) is 12.5 Å². The van der Waals surface area contributed by atoms with Crippen LogP contribution in [0.2, 0.25) is 0 Å². The van der Waals surface area contributed by atoms with Gasteiger partial charge in [0.25, 0.3) is 0 Å². The van der Waals surface area contributed by atoms with Crippen molar-refractivity contribution in [3.05, 3.63) is 36.2 Å². The van der Waals surface area contributed by atoms with Crippen molar-refractivity contribution >= 4 is 5.97 Å². The Morgan fingerprint density at radius 2 is 2.14 bits per heavy atom. The van der Waals surface area contributed by atoms with E-state index in [0.29, 0.717) is 18.3 Å². The van der Waals surface area contributed by atoms with E-state index < -0.39 is 5.97 Å². The first kappa shape index (κ1) is 14.7. The molecular formula is C16H19N3O3. The molecule has 2 aromatic rings. The summed E-state index contributed by atoms with van der Waals surface area (Å²) >= 11 is 0. The quantitative estimate of drug-likeness (QED) is 0.914. The fourth-order valence-electron chi connectivity index (χ4n) is 2.85. The third kappa shape index (κ3) is 3.33. The third-order valence-corrected chi connectivity index (χ3v) is 3.99. The van der Waals surface area contributed by atoms with Crippen molar-refractivity contribution in [3.8, 4) is 11.4 Å². The molecule has 0 radical (unpaired) electrons. The van der Waals surface area contributed by atoms with Crippen LogP contribution in [0.4, 0.5) is 0 Å². The van der Waals surface area contributed by atoms with Crippen LogP contribution in [0.1, 0.15) is 37.6 Å². The van der Waals surface area contributed by atoms with E-state index in [1.54, 1.807) is 0 Å². The molecule has 1 saturated heterocycles. The molecule has 0 bridgehead atoms. The van der Waals surface area contributed by atoms with Gasteiger partial charge in [0.15, 0.2) is 0 Å². The second kappa shape index (κ2) is 6.70. The van der Waals surface area contributed by atoms with E-state index in [1.807, 2.05) is 30.3 Å². The maximum atomic E-state index is 10.8. The fraction of sp³-hybridized carbons (Fsp3) is 0.438. The van der Waals surface area contributed by atoms with Crippen LogP contribution >= 0.6 is 0 Å². The Morgan fingerprint density at radius 1 is 1.32 bits per heavy atom. The summed E-state index contributed by atoms with van der Waals surface area (Å²) in [5.41, 5.74) is 0.922. The Morgan fingerprint density at radius 3 is 2.91 bits per heavy atom. The topological polar surface area (TPSA) is 79.5 Å². The normalized spacial score (nSPS) is 19.2. The van der Waals surface area contributed by atoms with Crippen LogP contribution in [0, 0.1) is 0 Å².